The fraction of sp³-hybridized carbons (Fsp3) is 0.400. The summed E-state index contributed by atoms with van der Waals surface area (Å²) in [6.45, 7) is 6.06. The molecule has 0 saturated carbocycles. The molecule has 0 aliphatic carbocycles. The molecule has 2 rings (SSSR count). The number of nitrogens with zero attached hydrogens (tertiary/aromatic N) is 4. The largest absolute Gasteiger partial charge is 0.339 e. The van der Waals surface area contributed by atoms with Crippen LogP contribution in [0.4, 0.5) is 17.5 Å². The van der Waals surface area contributed by atoms with Crippen LogP contribution in [0.5, 0.6) is 0 Å². The van der Waals surface area contributed by atoms with Crippen molar-refractivity contribution >= 4 is 40.7 Å². The van der Waals surface area contributed by atoms with Crippen molar-refractivity contribution in [3.63, 3.8) is 0 Å². The number of aromatic nitrogens is 3. The summed E-state index contributed by atoms with van der Waals surface area (Å²) in [5.41, 5.74) is 0.693. The highest BCUT2D eigenvalue weighted by Gasteiger charge is 2.10. The van der Waals surface area contributed by atoms with Gasteiger partial charge in [-0.05, 0) is 31.0 Å². The molecule has 1 aromatic carbocycles. The SMILES string of the molecule is CCCN(CCC)c1nncc(Nc2cc(Cl)ccc2Cl)n1. The fourth-order valence-electron chi connectivity index (χ4n) is 2.07. The van der Waals surface area contributed by atoms with Crippen LogP contribution in [0.2, 0.25) is 10.0 Å². The predicted molar refractivity (Wildman–Crippen MR) is 92.4 cm³/mol. The second-order valence-corrected chi connectivity index (χ2v) is 5.72. The van der Waals surface area contributed by atoms with E-state index < -0.39 is 0 Å². The van der Waals surface area contributed by atoms with Crippen LogP contribution in [-0.2, 0) is 0 Å². The minimum atomic E-state index is 0.573. The Morgan fingerprint density at radius 2 is 1.86 bits per heavy atom. The number of rotatable bonds is 7. The highest BCUT2D eigenvalue weighted by Crippen LogP contribution is 2.27. The lowest BCUT2D eigenvalue weighted by atomic mass is 10.3. The van der Waals surface area contributed by atoms with Crippen molar-refractivity contribution in [2.75, 3.05) is 23.3 Å². The molecule has 22 heavy (non-hydrogen) atoms. The molecule has 0 atom stereocenters. The summed E-state index contributed by atoms with van der Waals surface area (Å²) in [5, 5.41) is 12.5. The minimum absolute atomic E-state index is 0.573. The number of benzene rings is 1. The standard InChI is InChI=1S/C15H19Cl2N5/c1-3-7-22(8-4-2)15-20-14(10-18-21-15)19-13-9-11(16)5-6-12(13)17/h5-6,9-10H,3-4,7-8H2,1-2H3,(H,19,20,21). The molecule has 0 saturated heterocycles. The van der Waals surface area contributed by atoms with Gasteiger partial charge in [-0.15, -0.1) is 5.10 Å². The number of halogens is 2. The van der Waals surface area contributed by atoms with Crippen molar-refractivity contribution in [1.29, 1.82) is 0 Å². The Labute approximate surface area is 140 Å². The molecule has 0 unspecified atom stereocenters. The Bertz CT molecular complexity index is 615. The van der Waals surface area contributed by atoms with Gasteiger partial charge in [-0.1, -0.05) is 37.0 Å². The van der Waals surface area contributed by atoms with Gasteiger partial charge < -0.3 is 10.2 Å². The number of hydrogen-bond donors (Lipinski definition) is 1. The third-order valence-corrected chi connectivity index (χ3v) is 3.57. The van der Waals surface area contributed by atoms with Gasteiger partial charge in [0.1, 0.15) is 0 Å². The van der Waals surface area contributed by atoms with Crippen LogP contribution >= 0.6 is 23.2 Å². The van der Waals surface area contributed by atoms with E-state index in [0.29, 0.717) is 27.5 Å². The highest BCUT2D eigenvalue weighted by atomic mass is 35.5. The van der Waals surface area contributed by atoms with E-state index in [1.807, 2.05) is 0 Å². The van der Waals surface area contributed by atoms with Gasteiger partial charge in [-0.3, -0.25) is 0 Å². The summed E-state index contributed by atoms with van der Waals surface area (Å²) in [4.78, 5) is 6.64. The molecule has 1 heterocycles. The maximum absolute atomic E-state index is 6.15. The van der Waals surface area contributed by atoms with E-state index in [-0.39, 0.29) is 0 Å². The Hall–Kier alpha value is -1.59. The monoisotopic (exact) mass is 339 g/mol. The van der Waals surface area contributed by atoms with Crippen LogP contribution in [0.1, 0.15) is 26.7 Å². The average Bonchev–Trinajstić information content (AvgIpc) is 2.51. The van der Waals surface area contributed by atoms with E-state index in [2.05, 4.69) is 39.2 Å². The first-order valence-corrected chi connectivity index (χ1v) is 8.06. The van der Waals surface area contributed by atoms with E-state index >= 15 is 0 Å². The summed E-state index contributed by atoms with van der Waals surface area (Å²) in [7, 11) is 0. The van der Waals surface area contributed by atoms with E-state index in [1.54, 1.807) is 24.4 Å². The van der Waals surface area contributed by atoms with Crippen molar-refractivity contribution in [2.24, 2.45) is 0 Å². The zero-order chi connectivity index (χ0) is 15.9. The van der Waals surface area contributed by atoms with Crippen molar-refractivity contribution in [3.8, 4) is 0 Å². The lowest BCUT2D eigenvalue weighted by Gasteiger charge is -2.21. The number of hydrogen-bond acceptors (Lipinski definition) is 5. The molecular weight excluding hydrogens is 321 g/mol. The highest BCUT2D eigenvalue weighted by molar-refractivity contribution is 6.35. The molecule has 0 spiro atoms. The zero-order valence-corrected chi connectivity index (χ0v) is 14.2. The smallest absolute Gasteiger partial charge is 0.247 e. The van der Waals surface area contributed by atoms with Crippen LogP contribution in [0, 0.1) is 0 Å². The zero-order valence-electron chi connectivity index (χ0n) is 12.7. The van der Waals surface area contributed by atoms with Crippen LogP contribution in [0.3, 0.4) is 0 Å². The molecule has 2 aromatic rings. The quantitative estimate of drug-likeness (QED) is 0.801. The maximum atomic E-state index is 6.15. The Morgan fingerprint density at radius 1 is 1.14 bits per heavy atom. The maximum Gasteiger partial charge on any atom is 0.247 e. The van der Waals surface area contributed by atoms with E-state index in [4.69, 9.17) is 23.2 Å². The third-order valence-electron chi connectivity index (χ3n) is 3.01. The summed E-state index contributed by atoms with van der Waals surface area (Å²) < 4.78 is 0. The van der Waals surface area contributed by atoms with Gasteiger partial charge in [0.2, 0.25) is 5.95 Å². The molecule has 0 radical (unpaired) electrons. The van der Waals surface area contributed by atoms with E-state index in [9.17, 15) is 0 Å². The minimum Gasteiger partial charge on any atom is -0.339 e. The molecule has 5 nitrogen and oxygen atoms in total. The summed E-state index contributed by atoms with van der Waals surface area (Å²) >= 11 is 12.1. The summed E-state index contributed by atoms with van der Waals surface area (Å²) in [6, 6.07) is 5.23. The Kier molecular flexibility index (Phi) is 6.21. The summed E-state index contributed by atoms with van der Waals surface area (Å²) in [5.74, 6) is 1.21. The third kappa shape index (κ3) is 4.45. The summed E-state index contributed by atoms with van der Waals surface area (Å²) in [6.07, 6.45) is 3.62. The van der Waals surface area contributed by atoms with Gasteiger partial charge in [0, 0.05) is 18.1 Å². The normalized spacial score (nSPS) is 10.5. The molecular formula is C15H19Cl2N5. The van der Waals surface area contributed by atoms with E-state index in [1.165, 1.54) is 0 Å². The predicted octanol–water partition coefficient (Wildman–Crippen LogP) is 4.55. The van der Waals surface area contributed by atoms with E-state index in [0.717, 1.165) is 25.9 Å². The van der Waals surface area contributed by atoms with Crippen molar-refractivity contribution in [3.05, 3.63) is 34.4 Å². The topological polar surface area (TPSA) is 53.9 Å². The number of anilines is 3. The molecule has 0 fully saturated rings. The molecule has 1 aromatic heterocycles. The Morgan fingerprint density at radius 3 is 2.55 bits per heavy atom. The van der Waals surface area contributed by atoms with Gasteiger partial charge in [0.15, 0.2) is 5.82 Å². The molecule has 0 aliphatic heterocycles. The fourth-order valence-corrected chi connectivity index (χ4v) is 2.41. The molecule has 118 valence electrons. The van der Waals surface area contributed by atoms with Crippen LogP contribution < -0.4 is 10.2 Å². The van der Waals surface area contributed by atoms with Crippen LogP contribution in [0.25, 0.3) is 0 Å². The molecule has 0 bridgehead atoms. The van der Waals surface area contributed by atoms with Gasteiger partial charge in [0.05, 0.1) is 16.9 Å². The van der Waals surface area contributed by atoms with Crippen LogP contribution in [-0.4, -0.2) is 28.3 Å². The molecule has 7 heteroatoms. The molecule has 0 aliphatic rings. The lowest BCUT2D eigenvalue weighted by Crippen LogP contribution is -2.27. The Balaban J connectivity index is 2.22. The van der Waals surface area contributed by atoms with Gasteiger partial charge in [-0.25, -0.2) is 0 Å². The van der Waals surface area contributed by atoms with Crippen molar-refractivity contribution in [1.82, 2.24) is 15.2 Å². The molecule has 1 N–H and O–H groups in total. The lowest BCUT2D eigenvalue weighted by molar-refractivity contribution is 0.711. The first-order valence-electron chi connectivity index (χ1n) is 7.30. The molecule has 0 amide bonds. The van der Waals surface area contributed by atoms with Gasteiger partial charge in [0.25, 0.3) is 0 Å². The first kappa shape index (κ1) is 16.8. The second kappa shape index (κ2) is 8.15. The van der Waals surface area contributed by atoms with Gasteiger partial charge in [-0.2, -0.15) is 10.1 Å². The average molecular weight is 340 g/mol. The number of nitrogens with one attached hydrogen (secondary N) is 1. The van der Waals surface area contributed by atoms with Gasteiger partial charge >= 0.3 is 0 Å². The van der Waals surface area contributed by atoms with Crippen molar-refractivity contribution in [2.45, 2.75) is 26.7 Å². The van der Waals surface area contributed by atoms with Crippen molar-refractivity contribution < 1.29 is 0 Å². The van der Waals surface area contributed by atoms with Crippen LogP contribution in [0.15, 0.2) is 24.4 Å². The first-order chi connectivity index (χ1) is 10.6. The second-order valence-electron chi connectivity index (χ2n) is 4.88.